The van der Waals surface area contributed by atoms with E-state index in [1.54, 1.807) is 4.57 Å². The molecule has 4 atom stereocenters. The summed E-state index contributed by atoms with van der Waals surface area (Å²) in [6, 6.07) is 0. The molecule has 0 aromatic carbocycles. The van der Waals surface area contributed by atoms with E-state index in [0.717, 1.165) is 0 Å². The summed E-state index contributed by atoms with van der Waals surface area (Å²) >= 11 is 1.28. The number of nitrogen functional groups attached to an aromatic ring is 1. The van der Waals surface area contributed by atoms with Crippen LogP contribution in [0.25, 0.3) is 11.2 Å². The lowest BCUT2D eigenvalue weighted by Crippen LogP contribution is -2.32. The van der Waals surface area contributed by atoms with E-state index in [4.69, 9.17) is 10.8 Å². The summed E-state index contributed by atoms with van der Waals surface area (Å²) in [6.07, 6.45) is 0.831. The van der Waals surface area contributed by atoms with Crippen molar-refractivity contribution in [3.63, 3.8) is 0 Å². The molecule has 3 heterocycles. The maximum atomic E-state index is 10.1. The Labute approximate surface area is 112 Å². The normalized spacial score (nSPS) is 31.1. The zero-order chi connectivity index (χ0) is 13.6. The molecule has 3 rings (SSSR count). The summed E-state index contributed by atoms with van der Waals surface area (Å²) < 4.78 is 1.64. The van der Waals surface area contributed by atoms with Gasteiger partial charge in [-0.05, 0) is 0 Å². The molecule has 1 saturated heterocycles. The van der Waals surface area contributed by atoms with Crippen molar-refractivity contribution in [1.29, 1.82) is 0 Å². The van der Waals surface area contributed by atoms with Crippen molar-refractivity contribution in [2.75, 3.05) is 12.3 Å². The fourth-order valence-corrected chi connectivity index (χ4v) is 3.54. The highest BCUT2D eigenvalue weighted by atomic mass is 32.2. The average molecular weight is 283 g/mol. The highest BCUT2D eigenvalue weighted by Crippen LogP contribution is 2.42. The maximum Gasteiger partial charge on any atom is 0.166 e. The third-order valence-corrected chi connectivity index (χ3v) is 4.74. The average Bonchev–Trinajstić information content (AvgIpc) is 2.94. The summed E-state index contributed by atoms with van der Waals surface area (Å²) in [7, 11) is 0. The predicted molar refractivity (Wildman–Crippen MR) is 69.3 cm³/mol. The van der Waals surface area contributed by atoms with Gasteiger partial charge in [-0.25, -0.2) is 15.0 Å². The number of hydrogen-bond donors (Lipinski definition) is 4. The van der Waals surface area contributed by atoms with E-state index < -0.39 is 22.8 Å². The number of nitrogens with two attached hydrogens (primary N) is 1. The molecule has 102 valence electrons. The molecular weight excluding hydrogens is 270 g/mol. The van der Waals surface area contributed by atoms with Gasteiger partial charge >= 0.3 is 0 Å². The molecule has 1 aliphatic rings. The van der Waals surface area contributed by atoms with Gasteiger partial charge in [-0.1, -0.05) is 0 Å². The van der Waals surface area contributed by atoms with Gasteiger partial charge in [0.2, 0.25) is 0 Å². The molecule has 2 aromatic heterocycles. The summed E-state index contributed by atoms with van der Waals surface area (Å²) in [4.78, 5) is 12.1. The topological polar surface area (TPSA) is 130 Å². The van der Waals surface area contributed by atoms with Crippen molar-refractivity contribution in [3.05, 3.63) is 12.7 Å². The lowest BCUT2D eigenvalue weighted by molar-refractivity contribution is 0.0113. The molecule has 0 spiro atoms. The number of aliphatic hydroxyl groups excluding tert-OH is 3. The van der Waals surface area contributed by atoms with Crippen LogP contribution in [0.4, 0.5) is 5.82 Å². The molecule has 0 bridgehead atoms. The molecule has 0 radical (unpaired) electrons. The second-order valence-corrected chi connectivity index (χ2v) is 5.67. The highest BCUT2D eigenvalue weighted by molar-refractivity contribution is 8.00. The van der Waals surface area contributed by atoms with Crippen LogP contribution in [-0.2, 0) is 0 Å². The van der Waals surface area contributed by atoms with Gasteiger partial charge in [0.15, 0.2) is 11.5 Å². The van der Waals surface area contributed by atoms with Gasteiger partial charge in [-0.3, -0.25) is 4.57 Å². The molecule has 19 heavy (non-hydrogen) atoms. The van der Waals surface area contributed by atoms with Gasteiger partial charge in [0.1, 0.15) is 23.3 Å². The monoisotopic (exact) mass is 283 g/mol. The molecule has 0 saturated carbocycles. The molecule has 1 aliphatic heterocycles. The Morgan fingerprint density at radius 1 is 1.26 bits per heavy atom. The van der Waals surface area contributed by atoms with E-state index in [0.29, 0.717) is 11.2 Å². The van der Waals surface area contributed by atoms with Gasteiger partial charge in [0.05, 0.1) is 24.3 Å². The Kier molecular flexibility index (Phi) is 3.05. The fourth-order valence-electron chi connectivity index (χ4n) is 2.17. The van der Waals surface area contributed by atoms with Crippen LogP contribution in [0.15, 0.2) is 12.7 Å². The molecule has 0 amide bonds. The standard InChI is InChI=1S/C10H13N5O3S/c11-8-5-9(13-2-12-8)15(3-14-5)10-7(18)6(17)4(1-16)19-10/h2-4,6-7,10,16-18H,1H2,(H2,11,12,13)/t4-,6+,7-,10+/m1/s1. The first-order valence-electron chi connectivity index (χ1n) is 5.69. The van der Waals surface area contributed by atoms with Crippen LogP contribution in [0.2, 0.25) is 0 Å². The number of anilines is 1. The first-order chi connectivity index (χ1) is 9.13. The molecular formula is C10H13N5O3S. The van der Waals surface area contributed by atoms with E-state index in [1.807, 2.05) is 0 Å². The van der Waals surface area contributed by atoms with Crippen LogP contribution in [0.1, 0.15) is 5.37 Å². The summed E-state index contributed by atoms with van der Waals surface area (Å²) in [5.41, 5.74) is 6.65. The summed E-state index contributed by atoms with van der Waals surface area (Å²) in [6.45, 7) is -0.205. The number of thioether (sulfide) groups is 1. The zero-order valence-corrected chi connectivity index (χ0v) is 10.6. The van der Waals surface area contributed by atoms with E-state index in [9.17, 15) is 10.2 Å². The lowest BCUT2D eigenvalue weighted by Gasteiger charge is -2.16. The van der Waals surface area contributed by atoms with E-state index in [1.165, 1.54) is 24.4 Å². The number of aliphatic hydroxyl groups is 3. The van der Waals surface area contributed by atoms with Crippen molar-refractivity contribution < 1.29 is 15.3 Å². The Hall–Kier alpha value is -1.42. The van der Waals surface area contributed by atoms with Crippen molar-refractivity contribution >= 4 is 28.7 Å². The Morgan fingerprint density at radius 2 is 2.05 bits per heavy atom. The van der Waals surface area contributed by atoms with Gasteiger partial charge in [-0.15, -0.1) is 11.8 Å². The number of hydrogen-bond acceptors (Lipinski definition) is 8. The minimum absolute atomic E-state index is 0.205. The fraction of sp³-hybridized carbons (Fsp3) is 0.500. The number of imidazole rings is 1. The summed E-state index contributed by atoms with van der Waals surface area (Å²) in [5, 5.41) is 28.2. The molecule has 9 heteroatoms. The van der Waals surface area contributed by atoms with E-state index >= 15 is 0 Å². The first-order valence-corrected chi connectivity index (χ1v) is 6.63. The third kappa shape index (κ3) is 1.86. The van der Waals surface area contributed by atoms with Crippen LogP contribution < -0.4 is 5.73 Å². The Morgan fingerprint density at radius 3 is 2.74 bits per heavy atom. The Bertz CT molecular complexity index is 606. The predicted octanol–water partition coefficient (Wildman–Crippen LogP) is -1.26. The third-order valence-electron chi connectivity index (χ3n) is 3.18. The second kappa shape index (κ2) is 4.60. The minimum Gasteiger partial charge on any atom is -0.395 e. The largest absolute Gasteiger partial charge is 0.395 e. The minimum atomic E-state index is -1.00. The maximum absolute atomic E-state index is 10.1. The first kappa shape index (κ1) is 12.6. The van der Waals surface area contributed by atoms with Gasteiger partial charge in [0, 0.05) is 0 Å². The van der Waals surface area contributed by atoms with Crippen LogP contribution in [0.3, 0.4) is 0 Å². The molecule has 1 fully saturated rings. The van der Waals surface area contributed by atoms with Crippen LogP contribution >= 0.6 is 11.8 Å². The highest BCUT2D eigenvalue weighted by Gasteiger charge is 2.43. The number of fused-ring (bicyclic) bond motifs is 1. The van der Waals surface area contributed by atoms with Gasteiger partial charge in [0.25, 0.3) is 0 Å². The second-order valence-electron chi connectivity index (χ2n) is 4.31. The quantitative estimate of drug-likeness (QED) is 0.537. The molecule has 5 N–H and O–H groups in total. The van der Waals surface area contributed by atoms with Crippen LogP contribution in [0, 0.1) is 0 Å². The van der Waals surface area contributed by atoms with Crippen LogP contribution in [-0.4, -0.2) is 58.9 Å². The summed E-state index contributed by atoms with van der Waals surface area (Å²) in [5.74, 6) is 0.264. The lowest BCUT2D eigenvalue weighted by atomic mass is 10.1. The number of rotatable bonds is 2. The van der Waals surface area contributed by atoms with E-state index in [2.05, 4.69) is 15.0 Å². The zero-order valence-electron chi connectivity index (χ0n) is 9.79. The number of aromatic nitrogens is 4. The van der Waals surface area contributed by atoms with Crippen molar-refractivity contribution in [3.8, 4) is 0 Å². The Balaban J connectivity index is 2.04. The van der Waals surface area contributed by atoms with Crippen molar-refractivity contribution in [1.82, 2.24) is 19.5 Å². The molecule has 8 nitrogen and oxygen atoms in total. The van der Waals surface area contributed by atoms with Crippen molar-refractivity contribution in [2.24, 2.45) is 0 Å². The van der Waals surface area contributed by atoms with Gasteiger partial charge in [-0.2, -0.15) is 0 Å². The smallest absolute Gasteiger partial charge is 0.166 e. The van der Waals surface area contributed by atoms with Crippen LogP contribution in [0.5, 0.6) is 0 Å². The molecule has 0 unspecified atom stereocenters. The van der Waals surface area contributed by atoms with Gasteiger partial charge < -0.3 is 21.1 Å². The van der Waals surface area contributed by atoms with Crippen molar-refractivity contribution in [2.45, 2.75) is 22.8 Å². The van der Waals surface area contributed by atoms with E-state index in [-0.39, 0.29) is 12.4 Å². The SMILES string of the molecule is Nc1ncnc2c1ncn2[C@H]1S[C@H](CO)[C@H](O)[C@H]1O. The molecule has 2 aromatic rings. The molecule has 0 aliphatic carbocycles. The number of nitrogens with zero attached hydrogens (tertiary/aromatic N) is 4.